The van der Waals surface area contributed by atoms with Crippen LogP contribution in [-0.4, -0.2) is 43.9 Å². The summed E-state index contributed by atoms with van der Waals surface area (Å²) >= 11 is 0. The Bertz CT molecular complexity index is 622. The van der Waals surface area contributed by atoms with Crippen LogP contribution in [-0.2, 0) is 11.3 Å². The minimum absolute atomic E-state index is 0.240. The molecular formula is C19H26N2O3. The topological polar surface area (TPSA) is 60.9 Å². The van der Waals surface area contributed by atoms with E-state index in [1.807, 2.05) is 37.3 Å². The van der Waals surface area contributed by atoms with E-state index < -0.39 is 0 Å². The van der Waals surface area contributed by atoms with Crippen LogP contribution in [0.3, 0.4) is 0 Å². The zero-order valence-electron chi connectivity index (χ0n) is 14.2. The van der Waals surface area contributed by atoms with Crippen LogP contribution in [0.5, 0.6) is 5.75 Å². The number of ether oxygens (including phenoxy) is 2. The monoisotopic (exact) mass is 330 g/mol. The molecule has 2 aromatic rings. The highest BCUT2D eigenvalue weighted by atomic mass is 16.5. The number of nitrogens with two attached hydrogens (primary N) is 1. The SMILES string of the molecule is CCOc1ccc(-c2ccc(CN3CCO[C@H](CCN)C3)o2)cc1. The maximum atomic E-state index is 6.02. The molecule has 2 heterocycles. The lowest BCUT2D eigenvalue weighted by molar-refractivity contribution is -0.0351. The minimum Gasteiger partial charge on any atom is -0.494 e. The van der Waals surface area contributed by atoms with E-state index in [1.165, 1.54) is 0 Å². The highest BCUT2D eigenvalue weighted by molar-refractivity contribution is 5.58. The van der Waals surface area contributed by atoms with Crippen molar-refractivity contribution in [2.24, 2.45) is 5.73 Å². The molecule has 0 spiro atoms. The van der Waals surface area contributed by atoms with Crippen molar-refractivity contribution < 1.29 is 13.9 Å². The van der Waals surface area contributed by atoms with Crippen LogP contribution < -0.4 is 10.5 Å². The van der Waals surface area contributed by atoms with Crippen LogP contribution in [0.1, 0.15) is 19.1 Å². The lowest BCUT2D eigenvalue weighted by Gasteiger charge is -2.32. The standard InChI is InChI=1S/C19H26N2O3/c1-2-22-16-5-3-15(4-6-16)19-8-7-18(24-19)14-21-11-12-23-17(13-21)9-10-20/h3-8,17H,2,9-14,20H2,1H3/t17-/m1/s1. The Labute approximate surface area is 143 Å². The van der Waals surface area contributed by atoms with E-state index in [4.69, 9.17) is 19.6 Å². The third kappa shape index (κ3) is 4.38. The number of morpholine rings is 1. The van der Waals surface area contributed by atoms with Crippen molar-refractivity contribution in [2.45, 2.75) is 26.0 Å². The maximum Gasteiger partial charge on any atom is 0.134 e. The molecule has 2 N–H and O–H groups in total. The largest absolute Gasteiger partial charge is 0.494 e. The van der Waals surface area contributed by atoms with E-state index in [9.17, 15) is 0 Å². The Kier molecular flexibility index (Phi) is 5.91. The van der Waals surface area contributed by atoms with E-state index in [-0.39, 0.29) is 6.10 Å². The summed E-state index contributed by atoms with van der Waals surface area (Å²) in [6.07, 6.45) is 1.15. The van der Waals surface area contributed by atoms with E-state index in [0.29, 0.717) is 13.2 Å². The minimum atomic E-state index is 0.240. The first kappa shape index (κ1) is 17.0. The van der Waals surface area contributed by atoms with Gasteiger partial charge in [-0.3, -0.25) is 4.90 Å². The van der Waals surface area contributed by atoms with E-state index in [0.717, 1.165) is 55.5 Å². The van der Waals surface area contributed by atoms with Gasteiger partial charge < -0.3 is 19.6 Å². The Hall–Kier alpha value is -1.82. The van der Waals surface area contributed by atoms with Crippen LogP contribution in [0.4, 0.5) is 0 Å². The molecule has 1 atom stereocenters. The Morgan fingerprint density at radius 3 is 2.79 bits per heavy atom. The number of benzene rings is 1. The molecule has 130 valence electrons. The van der Waals surface area contributed by atoms with E-state index >= 15 is 0 Å². The van der Waals surface area contributed by atoms with Crippen LogP contribution >= 0.6 is 0 Å². The van der Waals surface area contributed by atoms with Gasteiger partial charge in [-0.2, -0.15) is 0 Å². The summed E-state index contributed by atoms with van der Waals surface area (Å²) in [4.78, 5) is 2.37. The smallest absolute Gasteiger partial charge is 0.134 e. The van der Waals surface area contributed by atoms with Crippen LogP contribution in [0.25, 0.3) is 11.3 Å². The van der Waals surface area contributed by atoms with Gasteiger partial charge in [-0.05, 0) is 56.3 Å². The molecule has 5 heteroatoms. The van der Waals surface area contributed by atoms with Gasteiger partial charge in [0.15, 0.2) is 0 Å². The second-order valence-corrected chi connectivity index (χ2v) is 6.03. The van der Waals surface area contributed by atoms with E-state index in [2.05, 4.69) is 11.0 Å². The lowest BCUT2D eigenvalue weighted by atomic mass is 10.2. The Morgan fingerprint density at radius 2 is 2.04 bits per heavy atom. The van der Waals surface area contributed by atoms with Gasteiger partial charge in [-0.25, -0.2) is 0 Å². The zero-order chi connectivity index (χ0) is 16.8. The maximum absolute atomic E-state index is 6.02. The normalized spacial score (nSPS) is 18.7. The highest BCUT2D eigenvalue weighted by Gasteiger charge is 2.20. The van der Waals surface area contributed by atoms with Gasteiger partial charge in [-0.15, -0.1) is 0 Å². The van der Waals surface area contributed by atoms with E-state index in [1.54, 1.807) is 0 Å². The molecule has 0 aliphatic carbocycles. The molecule has 3 rings (SSSR count). The quantitative estimate of drug-likeness (QED) is 0.846. The molecular weight excluding hydrogens is 304 g/mol. The van der Waals surface area contributed by atoms with Crippen molar-refractivity contribution in [3.63, 3.8) is 0 Å². The summed E-state index contributed by atoms with van der Waals surface area (Å²) in [5, 5.41) is 0. The molecule has 1 aliphatic rings. The molecule has 1 aromatic carbocycles. The molecule has 0 amide bonds. The third-order valence-electron chi connectivity index (χ3n) is 4.20. The van der Waals surface area contributed by atoms with Crippen molar-refractivity contribution in [1.82, 2.24) is 4.90 Å². The third-order valence-corrected chi connectivity index (χ3v) is 4.20. The van der Waals surface area contributed by atoms with Gasteiger partial charge in [0.2, 0.25) is 0 Å². The zero-order valence-corrected chi connectivity index (χ0v) is 14.2. The first-order chi connectivity index (χ1) is 11.8. The molecule has 1 aromatic heterocycles. The predicted molar refractivity (Wildman–Crippen MR) is 94.0 cm³/mol. The van der Waals surface area contributed by atoms with Crippen LogP contribution in [0, 0.1) is 0 Å². The summed E-state index contributed by atoms with van der Waals surface area (Å²) in [5.41, 5.74) is 6.69. The summed E-state index contributed by atoms with van der Waals surface area (Å²) in [7, 11) is 0. The predicted octanol–water partition coefficient (Wildman–Crippen LogP) is 2.89. The average Bonchev–Trinajstić information content (AvgIpc) is 3.05. The van der Waals surface area contributed by atoms with Crippen molar-refractivity contribution in [1.29, 1.82) is 0 Å². The number of furan rings is 1. The van der Waals surface area contributed by atoms with Gasteiger partial charge >= 0.3 is 0 Å². The van der Waals surface area contributed by atoms with Gasteiger partial charge in [0.25, 0.3) is 0 Å². The summed E-state index contributed by atoms with van der Waals surface area (Å²) < 4.78 is 17.2. The number of hydrogen-bond acceptors (Lipinski definition) is 5. The second-order valence-electron chi connectivity index (χ2n) is 6.03. The molecule has 0 saturated carbocycles. The first-order valence-electron chi connectivity index (χ1n) is 8.64. The summed E-state index contributed by atoms with van der Waals surface area (Å²) in [6.45, 7) is 6.74. The van der Waals surface area contributed by atoms with Gasteiger partial charge in [0, 0.05) is 18.7 Å². The van der Waals surface area contributed by atoms with Crippen molar-refractivity contribution in [2.75, 3.05) is 32.8 Å². The Balaban J connectivity index is 1.60. The summed E-state index contributed by atoms with van der Waals surface area (Å²) in [6, 6.07) is 12.1. The molecule has 24 heavy (non-hydrogen) atoms. The number of hydrogen-bond donors (Lipinski definition) is 1. The fourth-order valence-corrected chi connectivity index (χ4v) is 3.01. The molecule has 1 fully saturated rings. The molecule has 0 bridgehead atoms. The number of nitrogens with zero attached hydrogens (tertiary/aromatic N) is 1. The van der Waals surface area contributed by atoms with Crippen molar-refractivity contribution in [3.05, 3.63) is 42.2 Å². The summed E-state index contributed by atoms with van der Waals surface area (Å²) in [5.74, 6) is 2.75. The molecule has 1 saturated heterocycles. The van der Waals surface area contributed by atoms with Crippen LogP contribution in [0.2, 0.25) is 0 Å². The lowest BCUT2D eigenvalue weighted by Crippen LogP contribution is -2.42. The molecule has 0 radical (unpaired) electrons. The fourth-order valence-electron chi connectivity index (χ4n) is 3.01. The van der Waals surface area contributed by atoms with Gasteiger partial charge in [-0.1, -0.05) is 0 Å². The van der Waals surface area contributed by atoms with Gasteiger partial charge in [0.1, 0.15) is 17.3 Å². The fraction of sp³-hybridized carbons (Fsp3) is 0.474. The number of rotatable bonds is 7. The van der Waals surface area contributed by atoms with Crippen LogP contribution in [0.15, 0.2) is 40.8 Å². The first-order valence-corrected chi connectivity index (χ1v) is 8.64. The highest BCUT2D eigenvalue weighted by Crippen LogP contribution is 2.25. The second kappa shape index (κ2) is 8.33. The Morgan fingerprint density at radius 1 is 1.21 bits per heavy atom. The van der Waals surface area contributed by atoms with Gasteiger partial charge in [0.05, 0.1) is 25.9 Å². The van der Waals surface area contributed by atoms with Crippen molar-refractivity contribution in [3.8, 4) is 17.1 Å². The van der Waals surface area contributed by atoms with Crippen molar-refractivity contribution >= 4 is 0 Å². The molecule has 0 unspecified atom stereocenters. The molecule has 5 nitrogen and oxygen atoms in total. The average molecular weight is 330 g/mol. The molecule has 1 aliphatic heterocycles.